The number of hydrogen-bond donors (Lipinski definition) is 3. The van der Waals surface area contributed by atoms with E-state index in [1.54, 1.807) is 11.3 Å². The molecule has 0 saturated carbocycles. The van der Waals surface area contributed by atoms with Crippen LogP contribution in [0.15, 0.2) is 67.1 Å². The number of H-pyrrole nitrogens is 1. The van der Waals surface area contributed by atoms with E-state index in [-0.39, 0.29) is 0 Å². The zero-order valence-corrected chi connectivity index (χ0v) is 18.3. The number of aromatic amines is 1. The number of fused-ring (bicyclic) bond motifs is 2. The van der Waals surface area contributed by atoms with E-state index in [0.717, 1.165) is 44.2 Å². The van der Waals surface area contributed by atoms with Crippen LogP contribution in [0.3, 0.4) is 0 Å². The normalized spacial score (nSPS) is 12.3. The van der Waals surface area contributed by atoms with Gasteiger partial charge in [-0.05, 0) is 23.4 Å². The van der Waals surface area contributed by atoms with Crippen LogP contribution in [0.5, 0.6) is 0 Å². The molecule has 5 aromatic rings. The summed E-state index contributed by atoms with van der Waals surface area (Å²) in [5, 5.41) is 15.1. The SMILES string of the molecule is CCc1sc2ncnc(NC(Cc3ccccc3)C(=O)O)c2c1-c1cccc2cc[nH]c12. The summed E-state index contributed by atoms with van der Waals surface area (Å²) in [4.78, 5) is 26.5. The number of carboxylic acid groups (broad SMARTS) is 1. The third-order valence-electron chi connectivity index (χ3n) is 5.63. The highest BCUT2D eigenvalue weighted by Gasteiger charge is 2.24. The molecule has 0 aliphatic rings. The van der Waals surface area contributed by atoms with Crippen LogP contribution in [-0.2, 0) is 17.6 Å². The molecule has 5 rings (SSSR count). The molecule has 0 aliphatic carbocycles. The Labute approximate surface area is 189 Å². The molecule has 0 saturated heterocycles. The summed E-state index contributed by atoms with van der Waals surface area (Å²) in [5.41, 5.74) is 4.14. The predicted molar refractivity (Wildman–Crippen MR) is 129 cm³/mol. The minimum Gasteiger partial charge on any atom is -0.480 e. The fraction of sp³-hybridized carbons (Fsp3) is 0.160. The molecule has 1 atom stereocenters. The molecule has 0 fully saturated rings. The molecular formula is C25H22N4O2S. The molecule has 0 aliphatic heterocycles. The standard InChI is InChI=1S/C25H22N4O2S/c1-2-19-20(17-10-6-9-16-11-12-26-22(16)17)21-23(27-14-28-24(21)32-19)29-18(25(30)31)13-15-7-4-3-5-8-15/h3-12,14,18,26H,2,13H2,1H3,(H,30,31)(H,27,28,29). The average molecular weight is 443 g/mol. The predicted octanol–water partition coefficient (Wildman–Crippen LogP) is 5.51. The van der Waals surface area contributed by atoms with Crippen molar-refractivity contribution in [1.29, 1.82) is 0 Å². The Hall–Kier alpha value is -3.71. The molecular weight excluding hydrogens is 420 g/mol. The van der Waals surface area contributed by atoms with Crippen molar-refractivity contribution in [2.75, 3.05) is 5.32 Å². The molecule has 32 heavy (non-hydrogen) atoms. The van der Waals surface area contributed by atoms with Crippen molar-refractivity contribution >= 4 is 44.2 Å². The zero-order valence-electron chi connectivity index (χ0n) is 17.5. The number of aliphatic carboxylic acids is 1. The first kappa shape index (κ1) is 20.2. The Morgan fingerprint density at radius 1 is 1.12 bits per heavy atom. The van der Waals surface area contributed by atoms with Crippen LogP contribution in [0.1, 0.15) is 17.4 Å². The first-order chi connectivity index (χ1) is 15.7. The molecule has 7 heteroatoms. The highest BCUT2D eigenvalue weighted by molar-refractivity contribution is 7.19. The number of para-hydroxylation sites is 1. The van der Waals surface area contributed by atoms with Crippen molar-refractivity contribution in [2.24, 2.45) is 0 Å². The number of hydrogen-bond acceptors (Lipinski definition) is 5. The Morgan fingerprint density at radius 2 is 1.97 bits per heavy atom. The second kappa shape index (κ2) is 8.43. The quantitative estimate of drug-likeness (QED) is 0.309. The molecule has 0 bridgehead atoms. The lowest BCUT2D eigenvalue weighted by Gasteiger charge is -2.16. The van der Waals surface area contributed by atoms with E-state index >= 15 is 0 Å². The second-order valence-electron chi connectivity index (χ2n) is 7.63. The zero-order chi connectivity index (χ0) is 22.1. The summed E-state index contributed by atoms with van der Waals surface area (Å²) >= 11 is 1.63. The molecule has 3 aromatic heterocycles. The summed E-state index contributed by atoms with van der Waals surface area (Å²) in [7, 11) is 0. The first-order valence-corrected chi connectivity index (χ1v) is 11.3. The summed E-state index contributed by atoms with van der Waals surface area (Å²) in [6.45, 7) is 2.12. The van der Waals surface area contributed by atoms with Gasteiger partial charge in [0.1, 0.15) is 23.0 Å². The Balaban J connectivity index is 1.65. The van der Waals surface area contributed by atoms with Gasteiger partial charge in [-0.1, -0.05) is 55.5 Å². The highest BCUT2D eigenvalue weighted by Crippen LogP contribution is 2.43. The van der Waals surface area contributed by atoms with Gasteiger partial charge in [-0.3, -0.25) is 0 Å². The third-order valence-corrected chi connectivity index (χ3v) is 6.87. The number of nitrogens with one attached hydrogen (secondary N) is 2. The lowest BCUT2D eigenvalue weighted by atomic mass is 9.99. The van der Waals surface area contributed by atoms with E-state index in [1.165, 1.54) is 11.2 Å². The molecule has 2 aromatic carbocycles. The molecule has 3 heterocycles. The van der Waals surface area contributed by atoms with Crippen LogP contribution in [0.2, 0.25) is 0 Å². The minimum atomic E-state index is -0.917. The number of benzene rings is 2. The van der Waals surface area contributed by atoms with Crippen LogP contribution in [0, 0.1) is 0 Å². The number of thiophene rings is 1. The van der Waals surface area contributed by atoms with Gasteiger partial charge in [0.15, 0.2) is 0 Å². The van der Waals surface area contributed by atoms with Crippen LogP contribution in [0.25, 0.3) is 32.2 Å². The van der Waals surface area contributed by atoms with Crippen LogP contribution >= 0.6 is 11.3 Å². The van der Waals surface area contributed by atoms with Gasteiger partial charge in [0.05, 0.1) is 10.9 Å². The van der Waals surface area contributed by atoms with Crippen molar-refractivity contribution in [3.05, 3.63) is 77.6 Å². The maximum absolute atomic E-state index is 12.1. The molecule has 0 radical (unpaired) electrons. The van der Waals surface area contributed by atoms with E-state index in [2.05, 4.69) is 45.4 Å². The van der Waals surface area contributed by atoms with Crippen molar-refractivity contribution in [3.63, 3.8) is 0 Å². The Bertz CT molecular complexity index is 1410. The van der Waals surface area contributed by atoms with Gasteiger partial charge in [-0.15, -0.1) is 11.3 Å². The number of aromatic nitrogens is 3. The largest absolute Gasteiger partial charge is 0.480 e. The minimum absolute atomic E-state index is 0.355. The summed E-state index contributed by atoms with van der Waals surface area (Å²) < 4.78 is 0. The Morgan fingerprint density at radius 3 is 2.75 bits per heavy atom. The van der Waals surface area contributed by atoms with Gasteiger partial charge < -0.3 is 15.4 Å². The van der Waals surface area contributed by atoms with E-state index in [4.69, 9.17) is 0 Å². The monoisotopic (exact) mass is 442 g/mol. The topological polar surface area (TPSA) is 90.9 Å². The smallest absolute Gasteiger partial charge is 0.326 e. The van der Waals surface area contributed by atoms with Crippen molar-refractivity contribution < 1.29 is 9.90 Å². The maximum Gasteiger partial charge on any atom is 0.326 e. The summed E-state index contributed by atoms with van der Waals surface area (Å²) in [6.07, 6.45) is 4.64. The van der Waals surface area contributed by atoms with E-state index in [9.17, 15) is 9.90 Å². The van der Waals surface area contributed by atoms with E-state index in [0.29, 0.717) is 12.2 Å². The summed E-state index contributed by atoms with van der Waals surface area (Å²) in [5.74, 6) is -0.368. The van der Waals surface area contributed by atoms with Crippen LogP contribution in [0.4, 0.5) is 5.82 Å². The Kier molecular flexibility index (Phi) is 5.33. The molecule has 0 spiro atoms. The highest BCUT2D eigenvalue weighted by atomic mass is 32.1. The number of aryl methyl sites for hydroxylation is 1. The van der Waals surface area contributed by atoms with E-state index < -0.39 is 12.0 Å². The summed E-state index contributed by atoms with van der Waals surface area (Å²) in [6, 6.07) is 17.1. The van der Waals surface area contributed by atoms with Gasteiger partial charge in [-0.25, -0.2) is 14.8 Å². The van der Waals surface area contributed by atoms with Crippen molar-refractivity contribution in [3.8, 4) is 11.1 Å². The number of rotatable bonds is 7. The van der Waals surface area contributed by atoms with Gasteiger partial charge in [0, 0.05) is 28.6 Å². The van der Waals surface area contributed by atoms with Crippen LogP contribution in [-0.4, -0.2) is 32.1 Å². The molecule has 160 valence electrons. The van der Waals surface area contributed by atoms with Crippen LogP contribution < -0.4 is 5.32 Å². The number of carboxylic acids is 1. The third kappa shape index (κ3) is 3.61. The number of nitrogens with zero attached hydrogens (tertiary/aromatic N) is 2. The van der Waals surface area contributed by atoms with Gasteiger partial charge >= 0.3 is 5.97 Å². The number of anilines is 1. The first-order valence-electron chi connectivity index (χ1n) is 10.5. The fourth-order valence-corrected chi connectivity index (χ4v) is 5.22. The molecule has 1 unspecified atom stereocenters. The van der Waals surface area contributed by atoms with Gasteiger partial charge in [0.25, 0.3) is 0 Å². The van der Waals surface area contributed by atoms with Crippen molar-refractivity contribution in [2.45, 2.75) is 25.8 Å². The average Bonchev–Trinajstić information content (AvgIpc) is 3.44. The lowest BCUT2D eigenvalue weighted by Crippen LogP contribution is -2.32. The van der Waals surface area contributed by atoms with Gasteiger partial charge in [0.2, 0.25) is 0 Å². The van der Waals surface area contributed by atoms with Gasteiger partial charge in [-0.2, -0.15) is 0 Å². The van der Waals surface area contributed by atoms with E-state index in [1.807, 2.05) is 42.6 Å². The molecule has 3 N–H and O–H groups in total. The molecule has 0 amide bonds. The number of carbonyl (C=O) groups is 1. The maximum atomic E-state index is 12.1. The fourth-order valence-electron chi connectivity index (χ4n) is 4.13. The van der Waals surface area contributed by atoms with Crippen molar-refractivity contribution in [1.82, 2.24) is 15.0 Å². The second-order valence-corrected chi connectivity index (χ2v) is 8.71. The lowest BCUT2D eigenvalue weighted by molar-refractivity contribution is -0.137. The molecule has 6 nitrogen and oxygen atoms in total.